The first-order chi connectivity index (χ1) is 12.6. The predicted octanol–water partition coefficient (Wildman–Crippen LogP) is 3.20. The molecule has 2 aliphatic rings. The minimum absolute atomic E-state index is 0.131. The molecule has 2 bridgehead atoms. The summed E-state index contributed by atoms with van der Waals surface area (Å²) in [6, 6.07) is 9.23. The van der Waals surface area contributed by atoms with Gasteiger partial charge in [-0.05, 0) is 57.8 Å². The lowest BCUT2D eigenvalue weighted by Gasteiger charge is -2.40. The van der Waals surface area contributed by atoms with Crippen molar-refractivity contribution < 1.29 is 9.59 Å². The Bertz CT molecular complexity index is 617. The summed E-state index contributed by atoms with van der Waals surface area (Å²) in [4.78, 5) is 28.2. The molecular weight excluding hydrogens is 343 g/mol. The van der Waals surface area contributed by atoms with Crippen molar-refractivity contribution in [1.29, 1.82) is 0 Å². The summed E-state index contributed by atoms with van der Waals surface area (Å²) in [6.07, 6.45) is 5.98. The van der Waals surface area contributed by atoms with Crippen molar-refractivity contribution in [3.63, 3.8) is 0 Å². The van der Waals surface area contributed by atoms with Gasteiger partial charge in [-0.25, -0.2) is 0 Å². The largest absolute Gasteiger partial charge is 0.300 e. The second kappa shape index (κ2) is 9.21. The van der Waals surface area contributed by atoms with Gasteiger partial charge in [0.1, 0.15) is 0 Å². The van der Waals surface area contributed by atoms with Crippen LogP contribution in [0.25, 0.3) is 0 Å². The number of benzene rings is 1. The maximum atomic E-state index is 11.8. The van der Waals surface area contributed by atoms with Gasteiger partial charge in [0, 0.05) is 30.7 Å². The SMILES string of the molecule is CPC(=O)CN1C2CCC1CN(CCCCc1ccc(C(C)=O)cc1)C2. The molecule has 4 nitrogen and oxygen atoms in total. The van der Waals surface area contributed by atoms with E-state index in [1.807, 2.05) is 18.8 Å². The summed E-state index contributed by atoms with van der Waals surface area (Å²) in [5.41, 5.74) is 2.52. The molecule has 2 heterocycles. The van der Waals surface area contributed by atoms with Gasteiger partial charge in [0.05, 0.1) is 6.54 Å². The molecule has 26 heavy (non-hydrogen) atoms. The average Bonchev–Trinajstić information content (AvgIpc) is 2.87. The van der Waals surface area contributed by atoms with Crippen molar-refractivity contribution in [3.05, 3.63) is 35.4 Å². The number of Topliss-reactive ketones (excluding diaryl/α,β-unsaturated/α-hetero) is 1. The molecule has 0 radical (unpaired) electrons. The van der Waals surface area contributed by atoms with Gasteiger partial charge in [0.15, 0.2) is 11.3 Å². The zero-order valence-corrected chi connectivity index (χ0v) is 17.0. The van der Waals surface area contributed by atoms with E-state index in [1.165, 1.54) is 31.2 Å². The first-order valence-electron chi connectivity index (χ1n) is 9.85. The van der Waals surface area contributed by atoms with Crippen molar-refractivity contribution in [3.8, 4) is 0 Å². The number of ketones is 1. The summed E-state index contributed by atoms with van der Waals surface area (Å²) < 4.78 is 0. The van der Waals surface area contributed by atoms with Crippen LogP contribution in [0.5, 0.6) is 0 Å². The van der Waals surface area contributed by atoms with Crippen LogP contribution in [0.15, 0.2) is 24.3 Å². The molecule has 1 aromatic carbocycles. The second-order valence-corrected chi connectivity index (χ2v) is 8.76. The van der Waals surface area contributed by atoms with Crippen LogP contribution in [0.1, 0.15) is 48.5 Å². The van der Waals surface area contributed by atoms with Gasteiger partial charge in [0.25, 0.3) is 0 Å². The third kappa shape index (κ3) is 5.00. The summed E-state index contributed by atoms with van der Waals surface area (Å²) >= 11 is 0. The van der Waals surface area contributed by atoms with E-state index in [0.717, 1.165) is 31.6 Å². The van der Waals surface area contributed by atoms with Crippen molar-refractivity contribution in [2.45, 2.75) is 51.1 Å². The van der Waals surface area contributed by atoms with E-state index in [0.29, 0.717) is 32.7 Å². The zero-order chi connectivity index (χ0) is 18.5. The molecule has 3 unspecified atom stereocenters. The second-order valence-electron chi connectivity index (χ2n) is 7.70. The minimum atomic E-state index is 0.131. The predicted molar refractivity (Wildman–Crippen MR) is 109 cm³/mol. The molecular formula is C21H31N2O2P. The fourth-order valence-electron chi connectivity index (χ4n) is 4.33. The van der Waals surface area contributed by atoms with E-state index >= 15 is 0 Å². The lowest BCUT2D eigenvalue weighted by molar-refractivity contribution is -0.113. The molecule has 0 amide bonds. The third-order valence-electron chi connectivity index (χ3n) is 5.86. The molecule has 3 rings (SSSR count). The van der Waals surface area contributed by atoms with Crippen LogP contribution in [-0.4, -0.2) is 66.0 Å². The molecule has 2 fully saturated rings. The summed E-state index contributed by atoms with van der Waals surface area (Å²) in [7, 11) is 0.428. The normalized spacial score (nSPS) is 23.8. The Morgan fingerprint density at radius 3 is 2.31 bits per heavy atom. The summed E-state index contributed by atoms with van der Waals surface area (Å²) in [6.45, 7) is 7.70. The molecule has 0 aromatic heterocycles. The maximum absolute atomic E-state index is 11.8. The number of piperazine rings is 1. The van der Waals surface area contributed by atoms with Crippen LogP contribution in [0.2, 0.25) is 0 Å². The van der Waals surface area contributed by atoms with Gasteiger partial charge >= 0.3 is 0 Å². The van der Waals surface area contributed by atoms with E-state index in [1.54, 1.807) is 6.92 Å². The van der Waals surface area contributed by atoms with Crippen LogP contribution in [0.4, 0.5) is 0 Å². The third-order valence-corrected chi connectivity index (χ3v) is 6.58. The van der Waals surface area contributed by atoms with E-state index in [4.69, 9.17) is 0 Å². The van der Waals surface area contributed by atoms with Gasteiger partial charge in [0.2, 0.25) is 0 Å². The Morgan fingerprint density at radius 2 is 1.73 bits per heavy atom. The molecule has 5 heteroatoms. The van der Waals surface area contributed by atoms with Gasteiger partial charge in [-0.15, -0.1) is 0 Å². The monoisotopic (exact) mass is 374 g/mol. The number of hydrogen-bond acceptors (Lipinski definition) is 4. The topological polar surface area (TPSA) is 40.6 Å². The van der Waals surface area contributed by atoms with Crippen LogP contribution >= 0.6 is 8.58 Å². The fraction of sp³-hybridized carbons (Fsp3) is 0.619. The highest BCUT2D eigenvalue weighted by Gasteiger charge is 2.39. The van der Waals surface area contributed by atoms with Crippen LogP contribution in [-0.2, 0) is 11.2 Å². The number of carbonyl (C=O) groups is 2. The van der Waals surface area contributed by atoms with E-state index < -0.39 is 0 Å². The highest BCUT2D eigenvalue weighted by atomic mass is 31.1. The van der Waals surface area contributed by atoms with E-state index in [-0.39, 0.29) is 5.78 Å². The van der Waals surface area contributed by atoms with E-state index in [9.17, 15) is 9.59 Å². The summed E-state index contributed by atoms with van der Waals surface area (Å²) in [5.74, 6) is 0.131. The Kier molecular flexibility index (Phi) is 6.97. The molecule has 142 valence electrons. The Balaban J connectivity index is 1.39. The average molecular weight is 374 g/mol. The van der Waals surface area contributed by atoms with Crippen molar-refractivity contribution in [1.82, 2.24) is 9.80 Å². The van der Waals surface area contributed by atoms with Gasteiger partial charge < -0.3 is 4.90 Å². The Morgan fingerprint density at radius 1 is 1.08 bits per heavy atom. The molecule has 0 spiro atoms. The minimum Gasteiger partial charge on any atom is -0.300 e. The van der Waals surface area contributed by atoms with Crippen molar-refractivity contribution in [2.24, 2.45) is 0 Å². The van der Waals surface area contributed by atoms with Gasteiger partial charge in [-0.2, -0.15) is 0 Å². The highest BCUT2D eigenvalue weighted by Crippen LogP contribution is 2.30. The highest BCUT2D eigenvalue weighted by molar-refractivity contribution is 7.57. The van der Waals surface area contributed by atoms with Crippen molar-refractivity contribution >= 4 is 19.9 Å². The number of rotatable bonds is 9. The van der Waals surface area contributed by atoms with Gasteiger partial charge in [-0.1, -0.05) is 32.8 Å². The molecule has 0 aliphatic carbocycles. The number of nitrogens with zero attached hydrogens (tertiary/aromatic N) is 2. The lowest BCUT2D eigenvalue weighted by atomic mass is 10.0. The summed E-state index contributed by atoms with van der Waals surface area (Å²) in [5, 5.41) is 0. The van der Waals surface area contributed by atoms with E-state index in [2.05, 4.69) is 21.9 Å². The van der Waals surface area contributed by atoms with Crippen LogP contribution in [0.3, 0.4) is 0 Å². The quantitative estimate of drug-likeness (QED) is 0.378. The fourth-order valence-corrected chi connectivity index (χ4v) is 4.67. The number of carbonyl (C=O) groups excluding carboxylic acids is 2. The smallest absolute Gasteiger partial charge is 0.164 e. The number of aryl methyl sites for hydroxylation is 1. The standard InChI is InChI=1S/C21H31N2O2P/c1-16(24)18-8-6-17(7-9-18)5-3-4-12-22-13-19-10-11-20(14-22)23(19)15-21(25)26-2/h6-9,19-20,26H,3-5,10-15H2,1-2H3. The molecule has 2 saturated heterocycles. The first-order valence-corrected chi connectivity index (χ1v) is 11.4. The number of unbranched alkanes of at least 4 members (excludes halogenated alkanes) is 1. The lowest BCUT2D eigenvalue weighted by Crippen LogP contribution is -2.54. The Hall–Kier alpha value is -1.09. The van der Waals surface area contributed by atoms with Gasteiger partial charge in [-0.3, -0.25) is 14.5 Å². The molecule has 3 atom stereocenters. The first kappa shape index (κ1) is 19.7. The zero-order valence-electron chi connectivity index (χ0n) is 16.0. The number of fused-ring (bicyclic) bond motifs is 2. The molecule has 2 aliphatic heterocycles. The number of hydrogen-bond donors (Lipinski definition) is 0. The maximum Gasteiger partial charge on any atom is 0.164 e. The molecule has 1 aromatic rings. The Labute approximate surface area is 159 Å². The van der Waals surface area contributed by atoms with Crippen LogP contribution < -0.4 is 0 Å². The molecule has 0 saturated carbocycles. The molecule has 0 N–H and O–H groups in total. The number of likely N-dealkylation sites (tertiary alicyclic amines) is 1. The van der Waals surface area contributed by atoms with Crippen molar-refractivity contribution in [2.75, 3.05) is 32.8 Å². The van der Waals surface area contributed by atoms with Crippen LogP contribution in [0, 0.1) is 0 Å².